The highest BCUT2D eigenvalue weighted by atomic mass is 127. The molecule has 1 aliphatic heterocycles. The molecule has 0 radical (unpaired) electrons. The lowest BCUT2D eigenvalue weighted by atomic mass is 9.48. The van der Waals surface area contributed by atoms with Gasteiger partial charge in [-0.25, -0.2) is 18.6 Å². The molecule has 0 spiro atoms. The molecule has 10 heteroatoms. The molecule has 4 saturated carbocycles. The topological polar surface area (TPSA) is 78.0 Å². The highest BCUT2D eigenvalue weighted by Crippen LogP contribution is 2.63. The lowest BCUT2D eigenvalue weighted by molar-refractivity contribution is -0.178. The highest BCUT2D eigenvalue weighted by Gasteiger charge is 2.65. The fraction of sp³-hybridized carbons (Fsp3) is 0.682. The van der Waals surface area contributed by atoms with Crippen LogP contribution in [0.1, 0.15) is 32.1 Å². The lowest BCUT2D eigenvalue weighted by Gasteiger charge is -2.60. The average Bonchev–Trinajstić information content (AvgIpc) is 3.24. The van der Waals surface area contributed by atoms with Crippen molar-refractivity contribution in [3.8, 4) is 5.88 Å². The number of carbonyl (C=O) groups excluding carboxylic acids is 2. The molecule has 5 fully saturated rings. The number of rotatable bonds is 4. The van der Waals surface area contributed by atoms with E-state index < -0.39 is 29.2 Å². The van der Waals surface area contributed by atoms with Gasteiger partial charge >= 0.3 is 12.1 Å². The van der Waals surface area contributed by atoms with Gasteiger partial charge in [-0.15, -0.1) is 0 Å². The molecule has 1 aromatic rings. The van der Waals surface area contributed by atoms with E-state index in [1.807, 2.05) is 0 Å². The first-order chi connectivity index (χ1) is 15.3. The second kappa shape index (κ2) is 8.25. The number of halogens is 3. The number of hydrogen-bond acceptors (Lipinski definition) is 6. The standard InChI is InChI=1S/C22H25F2IN2O5/c1-30-20(28)22-7-11-4-12(8-22)17(15(5-11)18(22)25)32-21(29)27-3-2-14(10-27)31-19-16(24)6-13(23)9-26-19/h6,9,11-12,14-15,17-18H,2-5,7-8,10H2,1H3. The van der Waals surface area contributed by atoms with Crippen LogP contribution in [-0.4, -0.2) is 58.3 Å². The van der Waals surface area contributed by atoms with Crippen molar-refractivity contribution in [1.29, 1.82) is 0 Å². The van der Waals surface area contributed by atoms with Crippen LogP contribution < -0.4 is 4.74 Å². The monoisotopic (exact) mass is 562 g/mol. The van der Waals surface area contributed by atoms with Gasteiger partial charge in [0.25, 0.3) is 5.88 Å². The Labute approximate surface area is 198 Å². The van der Waals surface area contributed by atoms with Crippen molar-refractivity contribution < 1.29 is 32.6 Å². The lowest BCUT2D eigenvalue weighted by Crippen LogP contribution is -2.63. The number of ether oxygens (including phenoxy) is 3. The van der Waals surface area contributed by atoms with Crippen molar-refractivity contribution in [1.82, 2.24) is 9.88 Å². The van der Waals surface area contributed by atoms with Gasteiger partial charge in [-0.1, -0.05) is 22.6 Å². The number of aromatic nitrogens is 1. The molecule has 7 nitrogen and oxygen atoms in total. The van der Waals surface area contributed by atoms with Crippen LogP contribution in [0, 0.1) is 34.8 Å². The molecule has 1 amide bonds. The Bertz CT molecular complexity index is 936. The predicted octanol–water partition coefficient (Wildman–Crippen LogP) is 3.73. The van der Waals surface area contributed by atoms with E-state index in [0.29, 0.717) is 25.3 Å². The Morgan fingerprint density at radius 2 is 2.09 bits per heavy atom. The summed E-state index contributed by atoms with van der Waals surface area (Å²) in [5.41, 5.74) is -0.465. The molecule has 0 aromatic carbocycles. The summed E-state index contributed by atoms with van der Waals surface area (Å²) in [6.45, 7) is 0.679. The smallest absolute Gasteiger partial charge is 0.410 e. The van der Waals surface area contributed by atoms with Crippen LogP contribution in [-0.2, 0) is 14.3 Å². The Hall–Kier alpha value is -1.72. The van der Waals surface area contributed by atoms with Crippen LogP contribution >= 0.6 is 22.6 Å². The van der Waals surface area contributed by atoms with Crippen LogP contribution in [0.15, 0.2) is 12.3 Å². The van der Waals surface area contributed by atoms with Gasteiger partial charge in [-0.05, 0) is 37.5 Å². The molecule has 7 atom stereocenters. The fourth-order valence-corrected chi connectivity index (χ4v) is 7.84. The number of alkyl halides is 1. The minimum Gasteiger partial charge on any atom is -0.470 e. The summed E-state index contributed by atoms with van der Waals surface area (Å²) in [5.74, 6) is -1.28. The van der Waals surface area contributed by atoms with E-state index in [4.69, 9.17) is 14.2 Å². The van der Waals surface area contributed by atoms with E-state index in [9.17, 15) is 18.4 Å². The van der Waals surface area contributed by atoms with E-state index in [-0.39, 0.29) is 40.3 Å². The van der Waals surface area contributed by atoms with Gasteiger partial charge in [0.15, 0.2) is 5.82 Å². The Kier molecular flexibility index (Phi) is 5.69. The van der Waals surface area contributed by atoms with E-state index >= 15 is 0 Å². The minimum absolute atomic E-state index is 0.0698. The number of likely N-dealkylation sites (tertiary alicyclic amines) is 1. The van der Waals surface area contributed by atoms with Gasteiger partial charge in [0.2, 0.25) is 0 Å². The highest BCUT2D eigenvalue weighted by molar-refractivity contribution is 14.1. The van der Waals surface area contributed by atoms with Crippen LogP contribution in [0.5, 0.6) is 5.88 Å². The largest absolute Gasteiger partial charge is 0.470 e. The summed E-state index contributed by atoms with van der Waals surface area (Å²) in [7, 11) is 1.45. The molecular formula is C22H25F2IN2O5. The zero-order valence-electron chi connectivity index (χ0n) is 17.6. The first kappa shape index (κ1) is 22.1. The van der Waals surface area contributed by atoms with Crippen LogP contribution in [0.25, 0.3) is 0 Å². The number of methoxy groups -OCH3 is 1. The van der Waals surface area contributed by atoms with Crippen LogP contribution in [0.2, 0.25) is 0 Å². The molecular weight excluding hydrogens is 537 g/mol. The van der Waals surface area contributed by atoms with Crippen LogP contribution in [0.3, 0.4) is 0 Å². The number of carbonyl (C=O) groups is 2. The zero-order chi connectivity index (χ0) is 22.6. The van der Waals surface area contributed by atoms with Crippen molar-refractivity contribution in [2.75, 3.05) is 20.2 Å². The minimum atomic E-state index is -0.868. The number of esters is 1. The van der Waals surface area contributed by atoms with Gasteiger partial charge < -0.3 is 19.1 Å². The third-order valence-electron chi connectivity index (χ3n) is 7.60. The van der Waals surface area contributed by atoms with Gasteiger partial charge in [0, 0.05) is 28.9 Å². The number of hydrogen-bond donors (Lipinski definition) is 0. The zero-order valence-corrected chi connectivity index (χ0v) is 19.8. The maximum absolute atomic E-state index is 13.8. The second-order valence-corrected chi connectivity index (χ2v) is 10.8. The molecule has 1 aromatic heterocycles. The molecule has 5 aliphatic rings. The molecule has 6 rings (SSSR count). The quantitative estimate of drug-likeness (QED) is 0.317. The molecule has 1 saturated heterocycles. The summed E-state index contributed by atoms with van der Waals surface area (Å²) >= 11 is 2.35. The Morgan fingerprint density at radius 3 is 2.84 bits per heavy atom. The van der Waals surface area contributed by atoms with Crippen molar-refractivity contribution in [2.24, 2.45) is 23.2 Å². The second-order valence-electron chi connectivity index (χ2n) is 9.48. The van der Waals surface area contributed by atoms with Crippen LogP contribution in [0.4, 0.5) is 13.6 Å². The third kappa shape index (κ3) is 3.62. The predicted molar refractivity (Wildman–Crippen MR) is 116 cm³/mol. The van der Waals surface area contributed by atoms with Gasteiger partial charge in [0.1, 0.15) is 18.0 Å². The number of nitrogens with zero attached hydrogens (tertiary/aromatic N) is 2. The van der Waals surface area contributed by atoms with Gasteiger partial charge in [-0.2, -0.15) is 0 Å². The van der Waals surface area contributed by atoms with E-state index in [1.54, 1.807) is 4.90 Å². The molecule has 0 N–H and O–H groups in total. The fourth-order valence-electron chi connectivity index (χ4n) is 6.37. The number of amides is 1. The van der Waals surface area contributed by atoms with Crippen molar-refractivity contribution in [2.45, 2.75) is 48.2 Å². The van der Waals surface area contributed by atoms with Crippen molar-refractivity contribution >= 4 is 34.7 Å². The van der Waals surface area contributed by atoms with Crippen molar-refractivity contribution in [3.63, 3.8) is 0 Å². The first-order valence-electron chi connectivity index (χ1n) is 11.0. The van der Waals surface area contributed by atoms with E-state index in [1.165, 1.54) is 7.11 Å². The SMILES string of the molecule is COC(=O)C12CC3CC(C1)C(OC(=O)N1CCC(Oc4ncc(F)cc4F)C1)C(C3)C2I. The summed E-state index contributed by atoms with van der Waals surface area (Å²) in [4.78, 5) is 30.8. The Morgan fingerprint density at radius 1 is 1.28 bits per heavy atom. The summed E-state index contributed by atoms with van der Waals surface area (Å²) < 4.78 is 43.6. The van der Waals surface area contributed by atoms with Gasteiger partial charge in [0.05, 0.1) is 25.3 Å². The van der Waals surface area contributed by atoms with E-state index in [0.717, 1.165) is 31.5 Å². The number of pyridine rings is 1. The molecule has 4 bridgehead atoms. The van der Waals surface area contributed by atoms with Crippen molar-refractivity contribution in [3.05, 3.63) is 23.9 Å². The molecule has 7 unspecified atom stereocenters. The molecule has 4 aliphatic carbocycles. The average molecular weight is 562 g/mol. The summed E-state index contributed by atoms with van der Waals surface area (Å²) in [6.07, 6.45) is 3.83. The third-order valence-corrected chi connectivity index (χ3v) is 9.71. The Balaban J connectivity index is 1.22. The molecule has 32 heavy (non-hydrogen) atoms. The summed E-state index contributed by atoms with van der Waals surface area (Å²) in [6, 6.07) is 0.719. The molecule has 174 valence electrons. The summed E-state index contributed by atoms with van der Waals surface area (Å²) in [5, 5.41) is 0. The first-order valence-corrected chi connectivity index (χ1v) is 12.2. The maximum atomic E-state index is 13.8. The maximum Gasteiger partial charge on any atom is 0.410 e. The molecule has 2 heterocycles. The normalized spacial score (nSPS) is 37.4. The van der Waals surface area contributed by atoms with E-state index in [2.05, 4.69) is 27.6 Å². The van der Waals surface area contributed by atoms with Gasteiger partial charge in [-0.3, -0.25) is 4.79 Å².